The zero-order valence-corrected chi connectivity index (χ0v) is 15.5. The van der Waals surface area contributed by atoms with Crippen LogP contribution in [-0.2, 0) is 4.79 Å². The molecule has 0 radical (unpaired) electrons. The standard InChI is InChI=1S/C20H20N2O3S/c1-3-6-16(19(24)25)22-15-7-4-5-8-17(15)26-20(22)21-18(23)14-11-9-13(2)10-12-14/h4-5,7-12,16H,3,6H2,1-2H3,(H,24,25)/b21-20-. The first kappa shape index (κ1) is 18.1. The summed E-state index contributed by atoms with van der Waals surface area (Å²) in [4.78, 5) is 29.1. The molecule has 3 rings (SSSR count). The van der Waals surface area contributed by atoms with Gasteiger partial charge in [0.15, 0.2) is 4.80 Å². The first-order chi connectivity index (χ1) is 12.5. The molecular weight excluding hydrogens is 348 g/mol. The van der Waals surface area contributed by atoms with Crippen LogP contribution in [0.5, 0.6) is 0 Å². The maximum absolute atomic E-state index is 12.6. The van der Waals surface area contributed by atoms with E-state index in [9.17, 15) is 14.7 Å². The smallest absolute Gasteiger partial charge is 0.326 e. The highest BCUT2D eigenvalue weighted by Crippen LogP contribution is 2.23. The van der Waals surface area contributed by atoms with E-state index in [-0.39, 0.29) is 5.91 Å². The van der Waals surface area contributed by atoms with Crippen LogP contribution in [0, 0.1) is 6.92 Å². The van der Waals surface area contributed by atoms with Crippen molar-refractivity contribution in [3.63, 3.8) is 0 Å². The van der Waals surface area contributed by atoms with Crippen molar-refractivity contribution in [3.05, 3.63) is 64.5 Å². The van der Waals surface area contributed by atoms with Crippen LogP contribution in [0.4, 0.5) is 0 Å². The molecular formula is C20H20N2O3S. The van der Waals surface area contributed by atoms with Gasteiger partial charge in [0.05, 0.1) is 10.2 Å². The number of thiazole rings is 1. The number of carbonyl (C=O) groups excluding carboxylic acids is 1. The lowest BCUT2D eigenvalue weighted by Gasteiger charge is -2.14. The van der Waals surface area contributed by atoms with Crippen molar-refractivity contribution in [2.24, 2.45) is 4.99 Å². The Bertz CT molecular complexity index is 1020. The lowest BCUT2D eigenvalue weighted by atomic mass is 10.1. The largest absolute Gasteiger partial charge is 0.480 e. The Balaban J connectivity index is 2.18. The van der Waals surface area contributed by atoms with Crippen LogP contribution in [0.25, 0.3) is 10.2 Å². The van der Waals surface area contributed by atoms with Gasteiger partial charge in [-0.3, -0.25) is 4.79 Å². The highest BCUT2D eigenvalue weighted by molar-refractivity contribution is 7.16. The molecule has 1 unspecified atom stereocenters. The van der Waals surface area contributed by atoms with Crippen molar-refractivity contribution in [1.82, 2.24) is 4.57 Å². The summed E-state index contributed by atoms with van der Waals surface area (Å²) in [5, 5.41) is 9.70. The normalized spacial score (nSPS) is 13.1. The number of fused-ring (bicyclic) bond motifs is 1. The van der Waals surface area contributed by atoms with Gasteiger partial charge in [0.25, 0.3) is 5.91 Å². The van der Waals surface area contributed by atoms with Crippen LogP contribution in [-0.4, -0.2) is 21.6 Å². The number of carboxylic acids is 1. The highest BCUT2D eigenvalue weighted by Gasteiger charge is 2.22. The van der Waals surface area contributed by atoms with Gasteiger partial charge in [0.1, 0.15) is 6.04 Å². The molecule has 0 aliphatic heterocycles. The average molecular weight is 368 g/mol. The van der Waals surface area contributed by atoms with E-state index in [2.05, 4.69) is 4.99 Å². The Labute approximate surface area is 155 Å². The van der Waals surface area contributed by atoms with Gasteiger partial charge in [-0.25, -0.2) is 4.79 Å². The number of rotatable bonds is 5. The fourth-order valence-corrected chi connectivity index (χ4v) is 3.92. The third-order valence-electron chi connectivity index (χ3n) is 4.19. The number of hydrogen-bond donors (Lipinski definition) is 1. The predicted octanol–water partition coefficient (Wildman–Crippen LogP) is 4.18. The summed E-state index contributed by atoms with van der Waals surface area (Å²) in [7, 11) is 0. The number of hydrogen-bond acceptors (Lipinski definition) is 3. The van der Waals surface area contributed by atoms with Gasteiger partial charge in [-0.15, -0.1) is 0 Å². The minimum Gasteiger partial charge on any atom is -0.480 e. The van der Waals surface area contributed by atoms with Gasteiger partial charge >= 0.3 is 5.97 Å². The van der Waals surface area contributed by atoms with E-state index in [0.717, 1.165) is 22.2 Å². The number of carboxylic acid groups (broad SMARTS) is 1. The second-order valence-corrected chi connectivity index (χ2v) is 7.16. The topological polar surface area (TPSA) is 71.7 Å². The molecule has 0 fully saturated rings. The zero-order chi connectivity index (χ0) is 18.7. The molecule has 1 heterocycles. The Morgan fingerprint density at radius 2 is 1.85 bits per heavy atom. The van der Waals surface area contributed by atoms with Gasteiger partial charge in [-0.05, 0) is 37.6 Å². The van der Waals surface area contributed by atoms with Crippen molar-refractivity contribution >= 4 is 33.4 Å². The maximum Gasteiger partial charge on any atom is 0.326 e. The van der Waals surface area contributed by atoms with E-state index in [0.29, 0.717) is 16.8 Å². The molecule has 5 nitrogen and oxygen atoms in total. The van der Waals surface area contributed by atoms with Crippen LogP contribution < -0.4 is 4.80 Å². The van der Waals surface area contributed by atoms with Gasteiger partial charge in [-0.2, -0.15) is 4.99 Å². The van der Waals surface area contributed by atoms with Gasteiger partial charge in [0.2, 0.25) is 0 Å². The lowest BCUT2D eigenvalue weighted by Crippen LogP contribution is -2.27. The Morgan fingerprint density at radius 3 is 2.50 bits per heavy atom. The zero-order valence-electron chi connectivity index (χ0n) is 14.7. The minimum absolute atomic E-state index is 0.369. The molecule has 3 aromatic rings. The average Bonchev–Trinajstić information content (AvgIpc) is 2.97. The summed E-state index contributed by atoms with van der Waals surface area (Å²) in [5.74, 6) is -1.29. The van der Waals surface area contributed by atoms with E-state index in [4.69, 9.17) is 0 Å². The van der Waals surface area contributed by atoms with Gasteiger partial charge in [0, 0.05) is 5.56 Å². The lowest BCUT2D eigenvalue weighted by molar-refractivity contribution is -0.141. The third kappa shape index (κ3) is 3.60. The molecule has 26 heavy (non-hydrogen) atoms. The number of aromatic nitrogens is 1. The SMILES string of the molecule is CCCC(C(=O)O)n1/c(=N/C(=O)c2ccc(C)cc2)sc2ccccc21. The number of amides is 1. The molecule has 1 N–H and O–H groups in total. The van der Waals surface area contributed by atoms with Crippen molar-refractivity contribution in [3.8, 4) is 0 Å². The summed E-state index contributed by atoms with van der Waals surface area (Å²) in [6, 6.07) is 14.0. The van der Waals surface area contributed by atoms with E-state index in [1.54, 1.807) is 16.7 Å². The van der Waals surface area contributed by atoms with Crippen molar-refractivity contribution in [2.45, 2.75) is 32.7 Å². The van der Waals surface area contributed by atoms with Gasteiger partial charge < -0.3 is 9.67 Å². The molecule has 0 aliphatic carbocycles. The third-order valence-corrected chi connectivity index (χ3v) is 5.22. The van der Waals surface area contributed by atoms with E-state index in [1.165, 1.54) is 11.3 Å². The van der Waals surface area contributed by atoms with Crippen LogP contribution in [0.2, 0.25) is 0 Å². The molecule has 0 saturated heterocycles. The molecule has 1 amide bonds. The number of aryl methyl sites for hydroxylation is 1. The summed E-state index contributed by atoms with van der Waals surface area (Å²) in [6.07, 6.45) is 1.20. The predicted molar refractivity (Wildman–Crippen MR) is 102 cm³/mol. The Hall–Kier alpha value is -2.73. The fourth-order valence-electron chi connectivity index (χ4n) is 2.85. The van der Waals surface area contributed by atoms with E-state index in [1.807, 2.05) is 50.2 Å². The summed E-state index contributed by atoms with van der Waals surface area (Å²) in [6.45, 7) is 3.90. The molecule has 134 valence electrons. The summed E-state index contributed by atoms with van der Waals surface area (Å²) < 4.78 is 2.59. The quantitative estimate of drug-likeness (QED) is 0.734. The molecule has 0 bridgehead atoms. The number of para-hydroxylation sites is 1. The van der Waals surface area contributed by atoms with Crippen molar-refractivity contribution < 1.29 is 14.7 Å². The number of carbonyl (C=O) groups is 2. The molecule has 1 atom stereocenters. The molecule has 2 aromatic carbocycles. The fraction of sp³-hybridized carbons (Fsp3) is 0.250. The number of aliphatic carboxylic acids is 1. The first-order valence-electron chi connectivity index (χ1n) is 8.50. The monoisotopic (exact) mass is 368 g/mol. The molecule has 0 aliphatic rings. The summed E-state index contributed by atoms with van der Waals surface area (Å²) >= 11 is 1.33. The Kier molecular flexibility index (Phi) is 5.32. The molecule has 1 aromatic heterocycles. The maximum atomic E-state index is 12.6. The number of benzene rings is 2. The van der Waals surface area contributed by atoms with Crippen molar-refractivity contribution in [1.29, 1.82) is 0 Å². The molecule has 0 saturated carbocycles. The van der Waals surface area contributed by atoms with E-state index < -0.39 is 12.0 Å². The molecule has 0 spiro atoms. The highest BCUT2D eigenvalue weighted by atomic mass is 32.1. The summed E-state index contributed by atoms with van der Waals surface area (Å²) in [5.41, 5.74) is 2.34. The van der Waals surface area contributed by atoms with Crippen LogP contribution in [0.3, 0.4) is 0 Å². The second kappa shape index (κ2) is 7.66. The van der Waals surface area contributed by atoms with Crippen molar-refractivity contribution in [2.75, 3.05) is 0 Å². The van der Waals surface area contributed by atoms with Crippen LogP contribution in [0.1, 0.15) is 41.7 Å². The second-order valence-electron chi connectivity index (χ2n) is 6.15. The van der Waals surface area contributed by atoms with Crippen LogP contribution in [0.15, 0.2) is 53.5 Å². The Morgan fingerprint density at radius 1 is 1.15 bits per heavy atom. The molecule has 6 heteroatoms. The minimum atomic E-state index is -0.917. The number of nitrogens with zero attached hydrogens (tertiary/aromatic N) is 2. The first-order valence-corrected chi connectivity index (χ1v) is 9.31. The van der Waals surface area contributed by atoms with Crippen LogP contribution >= 0.6 is 11.3 Å². The van der Waals surface area contributed by atoms with E-state index >= 15 is 0 Å². The van der Waals surface area contributed by atoms with Gasteiger partial charge in [-0.1, -0.05) is 54.5 Å².